The molecule has 0 amide bonds. The number of rotatable bonds is 4. The molecule has 3 heterocycles. The van der Waals surface area contributed by atoms with Crippen molar-refractivity contribution in [1.29, 1.82) is 0 Å². The molecule has 4 rings (SSSR count). The number of hydrogen-bond donors (Lipinski definition) is 0. The van der Waals surface area contributed by atoms with Crippen molar-refractivity contribution in [2.24, 2.45) is 0 Å². The summed E-state index contributed by atoms with van der Waals surface area (Å²) in [5.74, 6) is 2.72. The molecule has 1 saturated heterocycles. The third-order valence-corrected chi connectivity index (χ3v) is 4.90. The van der Waals surface area contributed by atoms with Gasteiger partial charge in [0.1, 0.15) is 17.7 Å². The maximum Gasteiger partial charge on any atom is 0.273 e. The molecule has 2 aromatic heterocycles. The molecule has 116 valence electrons. The fraction of sp³-hybridized carbons (Fsp3) is 0.562. The van der Waals surface area contributed by atoms with Crippen LogP contribution >= 0.6 is 11.3 Å². The molecule has 0 N–H and O–H groups in total. The molecule has 2 fully saturated rings. The maximum atomic E-state index is 5.92. The zero-order valence-corrected chi connectivity index (χ0v) is 13.6. The summed E-state index contributed by atoms with van der Waals surface area (Å²) < 4.78 is 5.92. The molecule has 1 saturated carbocycles. The highest BCUT2D eigenvalue weighted by atomic mass is 32.1. The minimum atomic E-state index is 0.272. The summed E-state index contributed by atoms with van der Waals surface area (Å²) in [4.78, 5) is 15.9. The van der Waals surface area contributed by atoms with Crippen LogP contribution in [0.5, 0.6) is 5.19 Å². The van der Waals surface area contributed by atoms with E-state index in [2.05, 4.69) is 27.9 Å². The second kappa shape index (κ2) is 5.83. The fourth-order valence-corrected chi connectivity index (χ4v) is 3.43. The zero-order valence-electron chi connectivity index (χ0n) is 12.7. The largest absolute Gasteiger partial charge is 0.467 e. The van der Waals surface area contributed by atoms with Crippen LogP contribution in [0.1, 0.15) is 43.1 Å². The summed E-state index contributed by atoms with van der Waals surface area (Å²) in [7, 11) is 0. The quantitative estimate of drug-likeness (QED) is 0.867. The van der Waals surface area contributed by atoms with Crippen molar-refractivity contribution in [3.63, 3.8) is 0 Å². The van der Waals surface area contributed by atoms with Crippen molar-refractivity contribution in [1.82, 2.24) is 15.0 Å². The van der Waals surface area contributed by atoms with Crippen LogP contribution in [0.25, 0.3) is 0 Å². The Labute approximate surface area is 134 Å². The first kappa shape index (κ1) is 13.9. The Balaban J connectivity index is 1.40. The Morgan fingerprint density at radius 2 is 2.00 bits per heavy atom. The van der Waals surface area contributed by atoms with Gasteiger partial charge in [0, 0.05) is 55.2 Å². The topological polar surface area (TPSA) is 51.1 Å². The molecule has 2 aromatic rings. The average Bonchev–Trinajstić information content (AvgIpc) is 3.26. The molecule has 0 aromatic carbocycles. The molecular formula is C16H20N4OS. The van der Waals surface area contributed by atoms with Crippen LogP contribution in [0.3, 0.4) is 0 Å². The van der Waals surface area contributed by atoms with E-state index in [9.17, 15) is 0 Å². The number of thiazole rings is 1. The normalized spacial score (nSPS) is 19.4. The maximum absolute atomic E-state index is 5.92. The minimum absolute atomic E-state index is 0.272. The van der Waals surface area contributed by atoms with Crippen LogP contribution in [0.15, 0.2) is 17.6 Å². The van der Waals surface area contributed by atoms with Crippen LogP contribution in [-0.4, -0.2) is 34.1 Å². The highest BCUT2D eigenvalue weighted by Crippen LogP contribution is 2.38. The number of nitrogens with zero attached hydrogens (tertiary/aromatic N) is 4. The number of aryl methyl sites for hydroxylation is 1. The molecule has 0 atom stereocenters. The summed E-state index contributed by atoms with van der Waals surface area (Å²) in [6.07, 6.45) is 6.58. The fourth-order valence-electron chi connectivity index (χ4n) is 2.87. The third-order valence-electron chi connectivity index (χ3n) is 4.24. The predicted octanol–water partition coefficient (Wildman–Crippen LogP) is 3.17. The van der Waals surface area contributed by atoms with Crippen LogP contribution < -0.4 is 9.64 Å². The lowest BCUT2D eigenvalue weighted by Crippen LogP contribution is -2.38. The molecule has 0 bridgehead atoms. The molecule has 0 unspecified atom stereocenters. The van der Waals surface area contributed by atoms with E-state index in [-0.39, 0.29) is 6.10 Å². The number of piperidine rings is 1. The predicted molar refractivity (Wildman–Crippen MR) is 86.7 cm³/mol. The molecule has 2 aliphatic rings. The van der Waals surface area contributed by atoms with Gasteiger partial charge >= 0.3 is 0 Å². The molecule has 1 aliphatic carbocycles. The van der Waals surface area contributed by atoms with Gasteiger partial charge in [-0.1, -0.05) is 11.3 Å². The van der Waals surface area contributed by atoms with Crippen molar-refractivity contribution in [2.75, 3.05) is 18.0 Å². The third kappa shape index (κ3) is 3.06. The van der Waals surface area contributed by atoms with Gasteiger partial charge in [-0.05, 0) is 19.8 Å². The van der Waals surface area contributed by atoms with Crippen molar-refractivity contribution in [3.8, 4) is 5.19 Å². The lowest BCUT2D eigenvalue weighted by molar-refractivity contribution is 0.170. The van der Waals surface area contributed by atoms with Gasteiger partial charge in [0.2, 0.25) is 0 Å². The highest BCUT2D eigenvalue weighted by Gasteiger charge is 2.28. The molecule has 6 heteroatoms. The summed E-state index contributed by atoms with van der Waals surface area (Å²) in [6, 6.07) is 2.11. The summed E-state index contributed by atoms with van der Waals surface area (Å²) in [6.45, 7) is 4.03. The average molecular weight is 316 g/mol. The van der Waals surface area contributed by atoms with Crippen molar-refractivity contribution in [2.45, 2.75) is 44.6 Å². The Hall–Kier alpha value is -1.69. The number of aromatic nitrogens is 3. The van der Waals surface area contributed by atoms with Crippen molar-refractivity contribution in [3.05, 3.63) is 29.2 Å². The Bertz CT molecular complexity index is 634. The van der Waals surface area contributed by atoms with E-state index in [1.807, 2.05) is 5.38 Å². The van der Waals surface area contributed by atoms with Gasteiger partial charge in [-0.2, -0.15) is 0 Å². The van der Waals surface area contributed by atoms with E-state index in [1.165, 1.54) is 12.8 Å². The van der Waals surface area contributed by atoms with Crippen LogP contribution in [-0.2, 0) is 0 Å². The zero-order chi connectivity index (χ0) is 14.9. The van der Waals surface area contributed by atoms with E-state index in [0.717, 1.165) is 48.5 Å². The first-order valence-electron chi connectivity index (χ1n) is 7.94. The van der Waals surface area contributed by atoms with Crippen molar-refractivity contribution >= 4 is 17.2 Å². The molecule has 22 heavy (non-hydrogen) atoms. The summed E-state index contributed by atoms with van der Waals surface area (Å²) in [5.41, 5.74) is 1.08. The molecule has 0 spiro atoms. The summed E-state index contributed by atoms with van der Waals surface area (Å²) >= 11 is 1.56. The lowest BCUT2D eigenvalue weighted by Gasteiger charge is -2.32. The Morgan fingerprint density at radius 3 is 2.68 bits per heavy atom. The number of anilines is 1. The monoisotopic (exact) mass is 316 g/mol. The van der Waals surface area contributed by atoms with Crippen molar-refractivity contribution < 1.29 is 4.74 Å². The number of ether oxygens (including phenoxy) is 1. The first-order valence-corrected chi connectivity index (χ1v) is 8.82. The van der Waals surface area contributed by atoms with Gasteiger partial charge in [0.15, 0.2) is 0 Å². The van der Waals surface area contributed by atoms with Gasteiger partial charge in [-0.25, -0.2) is 15.0 Å². The Kier molecular flexibility index (Phi) is 3.70. The summed E-state index contributed by atoms with van der Waals surface area (Å²) in [5, 5.41) is 2.74. The first-order chi connectivity index (χ1) is 10.8. The van der Waals surface area contributed by atoms with Gasteiger partial charge < -0.3 is 9.64 Å². The SMILES string of the molecule is Cc1cc(N2CCC(Oc3nccs3)CC2)nc(C2CC2)n1. The van der Waals surface area contributed by atoms with Gasteiger partial charge in [0.05, 0.1) is 0 Å². The smallest absolute Gasteiger partial charge is 0.273 e. The highest BCUT2D eigenvalue weighted by molar-refractivity contribution is 7.11. The standard InChI is InChI=1S/C16H20N4OS/c1-11-10-14(19-15(18-11)12-2-3-12)20-7-4-13(5-8-20)21-16-17-6-9-22-16/h6,9-10,12-13H,2-5,7-8H2,1H3. The van der Waals surface area contributed by atoms with Gasteiger partial charge in [0.25, 0.3) is 5.19 Å². The molecule has 5 nitrogen and oxygen atoms in total. The minimum Gasteiger partial charge on any atom is -0.467 e. The second-order valence-corrected chi connectivity index (χ2v) is 6.96. The van der Waals surface area contributed by atoms with Crippen LogP contribution in [0.4, 0.5) is 5.82 Å². The van der Waals surface area contributed by atoms with E-state index in [0.29, 0.717) is 5.92 Å². The van der Waals surface area contributed by atoms with E-state index >= 15 is 0 Å². The molecule has 0 radical (unpaired) electrons. The van der Waals surface area contributed by atoms with Gasteiger partial charge in [-0.15, -0.1) is 0 Å². The van der Waals surface area contributed by atoms with E-state index in [4.69, 9.17) is 9.72 Å². The van der Waals surface area contributed by atoms with E-state index in [1.54, 1.807) is 17.5 Å². The number of hydrogen-bond acceptors (Lipinski definition) is 6. The van der Waals surface area contributed by atoms with Crippen LogP contribution in [0.2, 0.25) is 0 Å². The lowest BCUT2D eigenvalue weighted by atomic mass is 10.1. The molecule has 1 aliphatic heterocycles. The Morgan fingerprint density at radius 1 is 1.18 bits per heavy atom. The molecular weight excluding hydrogens is 296 g/mol. The van der Waals surface area contributed by atoms with Gasteiger partial charge in [-0.3, -0.25) is 0 Å². The van der Waals surface area contributed by atoms with Crippen LogP contribution in [0, 0.1) is 6.92 Å². The van der Waals surface area contributed by atoms with E-state index < -0.39 is 0 Å². The second-order valence-electron chi connectivity index (χ2n) is 6.10.